The lowest BCUT2D eigenvalue weighted by Gasteiger charge is -2.36. The van der Waals surface area contributed by atoms with Crippen molar-refractivity contribution in [3.05, 3.63) is 59.3 Å². The number of anilines is 1. The van der Waals surface area contributed by atoms with E-state index in [0.29, 0.717) is 5.56 Å². The van der Waals surface area contributed by atoms with Gasteiger partial charge in [-0.05, 0) is 43.2 Å². The first-order chi connectivity index (χ1) is 12.1. The van der Waals surface area contributed by atoms with Crippen molar-refractivity contribution in [3.63, 3.8) is 0 Å². The van der Waals surface area contributed by atoms with Crippen molar-refractivity contribution >= 4 is 5.82 Å². The zero-order chi connectivity index (χ0) is 17.6. The van der Waals surface area contributed by atoms with E-state index in [2.05, 4.69) is 47.3 Å². The molecule has 1 fully saturated rings. The highest BCUT2D eigenvalue weighted by atomic mass is 16.5. The van der Waals surface area contributed by atoms with Crippen molar-refractivity contribution in [1.82, 2.24) is 10.3 Å². The number of nitrogens with zero attached hydrogens (tertiary/aromatic N) is 3. The molecular formula is C20H24N4O. The first-order valence-electron chi connectivity index (χ1n) is 8.69. The van der Waals surface area contributed by atoms with Gasteiger partial charge in [-0.15, -0.1) is 0 Å². The summed E-state index contributed by atoms with van der Waals surface area (Å²) in [5, 5.41) is 12.2. The third-order valence-electron chi connectivity index (χ3n) is 4.29. The minimum Gasteiger partial charge on any atom is -0.372 e. The number of benzene rings is 1. The average Bonchev–Trinajstić information content (AvgIpc) is 2.62. The summed E-state index contributed by atoms with van der Waals surface area (Å²) in [5.74, 6) is 1.01. The lowest BCUT2D eigenvalue weighted by molar-refractivity contribution is -0.00545. The van der Waals surface area contributed by atoms with Crippen molar-refractivity contribution in [2.45, 2.75) is 39.1 Å². The van der Waals surface area contributed by atoms with Crippen LogP contribution in [0.15, 0.2) is 42.6 Å². The molecule has 1 saturated heterocycles. The van der Waals surface area contributed by atoms with E-state index in [0.717, 1.165) is 37.6 Å². The number of hydrogen-bond acceptors (Lipinski definition) is 5. The van der Waals surface area contributed by atoms with E-state index in [4.69, 9.17) is 10.00 Å². The van der Waals surface area contributed by atoms with Gasteiger partial charge in [0, 0.05) is 32.4 Å². The number of aromatic nitrogens is 1. The van der Waals surface area contributed by atoms with Gasteiger partial charge in [0.1, 0.15) is 5.82 Å². The minimum absolute atomic E-state index is 0.235. The van der Waals surface area contributed by atoms with Gasteiger partial charge >= 0.3 is 0 Å². The van der Waals surface area contributed by atoms with Crippen molar-refractivity contribution < 1.29 is 4.74 Å². The summed E-state index contributed by atoms with van der Waals surface area (Å²) in [6, 6.07) is 14.0. The number of morpholine rings is 1. The number of nitrogens with one attached hydrogen (secondary N) is 1. The third-order valence-corrected chi connectivity index (χ3v) is 4.29. The predicted molar refractivity (Wildman–Crippen MR) is 98.2 cm³/mol. The highest BCUT2D eigenvalue weighted by Gasteiger charge is 2.22. The van der Waals surface area contributed by atoms with Gasteiger partial charge in [0.25, 0.3) is 0 Å². The highest BCUT2D eigenvalue weighted by Crippen LogP contribution is 2.18. The highest BCUT2D eigenvalue weighted by molar-refractivity contribution is 5.40. The molecule has 5 nitrogen and oxygen atoms in total. The normalized spacial score (nSPS) is 20.3. The molecule has 1 N–H and O–H groups in total. The molecule has 1 aromatic carbocycles. The number of rotatable bonds is 5. The van der Waals surface area contributed by atoms with Crippen molar-refractivity contribution in [2.75, 3.05) is 18.0 Å². The fourth-order valence-electron chi connectivity index (χ4n) is 3.12. The largest absolute Gasteiger partial charge is 0.372 e. The molecule has 25 heavy (non-hydrogen) atoms. The van der Waals surface area contributed by atoms with E-state index in [1.165, 1.54) is 5.56 Å². The van der Waals surface area contributed by atoms with E-state index in [-0.39, 0.29) is 12.2 Å². The molecule has 0 bridgehead atoms. The summed E-state index contributed by atoms with van der Waals surface area (Å²) in [6.45, 7) is 7.50. The summed E-state index contributed by atoms with van der Waals surface area (Å²) in [6.07, 6.45) is 2.41. The van der Waals surface area contributed by atoms with E-state index < -0.39 is 0 Å². The summed E-state index contributed by atoms with van der Waals surface area (Å²) in [4.78, 5) is 6.90. The molecule has 2 aromatic rings. The number of hydrogen-bond donors (Lipinski definition) is 1. The molecule has 2 unspecified atom stereocenters. The Bertz CT molecular complexity index is 711. The van der Waals surface area contributed by atoms with Crippen LogP contribution in [0.1, 0.15) is 30.5 Å². The molecule has 0 radical (unpaired) electrons. The molecule has 130 valence electrons. The van der Waals surface area contributed by atoms with Gasteiger partial charge in [-0.3, -0.25) is 0 Å². The van der Waals surface area contributed by atoms with Gasteiger partial charge in [0.2, 0.25) is 0 Å². The fraction of sp³-hybridized carbons (Fsp3) is 0.400. The summed E-state index contributed by atoms with van der Waals surface area (Å²) >= 11 is 0. The average molecular weight is 336 g/mol. The molecule has 2 atom stereocenters. The molecule has 1 aliphatic heterocycles. The molecule has 0 aliphatic carbocycles. The first kappa shape index (κ1) is 17.4. The second-order valence-corrected chi connectivity index (χ2v) is 6.60. The van der Waals surface area contributed by atoms with Gasteiger partial charge in [-0.1, -0.05) is 18.2 Å². The summed E-state index contributed by atoms with van der Waals surface area (Å²) < 4.78 is 5.77. The number of nitriles is 1. The molecule has 1 aromatic heterocycles. The lowest BCUT2D eigenvalue weighted by atomic mass is 10.1. The SMILES string of the molecule is CC1CN(c2ccc(CNCc3ccc(C#N)cc3)cn2)CC(C)O1. The van der Waals surface area contributed by atoms with Crippen molar-refractivity contribution in [3.8, 4) is 6.07 Å². The maximum absolute atomic E-state index is 8.82. The van der Waals surface area contributed by atoms with E-state index in [9.17, 15) is 0 Å². The first-order valence-corrected chi connectivity index (χ1v) is 8.69. The van der Waals surface area contributed by atoms with Crippen LogP contribution in [0.5, 0.6) is 0 Å². The Morgan fingerprint density at radius 1 is 1.08 bits per heavy atom. The molecule has 0 saturated carbocycles. The van der Waals surface area contributed by atoms with Crippen LogP contribution in [0.4, 0.5) is 5.82 Å². The van der Waals surface area contributed by atoms with Crippen LogP contribution in [-0.2, 0) is 17.8 Å². The summed E-state index contributed by atoms with van der Waals surface area (Å²) in [7, 11) is 0. The van der Waals surface area contributed by atoms with Gasteiger partial charge in [0.15, 0.2) is 0 Å². The summed E-state index contributed by atoms with van der Waals surface area (Å²) in [5.41, 5.74) is 3.02. The molecule has 2 heterocycles. The van der Waals surface area contributed by atoms with E-state index in [1.54, 1.807) is 0 Å². The van der Waals surface area contributed by atoms with Gasteiger partial charge < -0.3 is 15.0 Å². The van der Waals surface area contributed by atoms with Gasteiger partial charge in [-0.25, -0.2) is 4.98 Å². The van der Waals surface area contributed by atoms with Crippen LogP contribution in [-0.4, -0.2) is 30.3 Å². The number of ether oxygens (including phenoxy) is 1. The van der Waals surface area contributed by atoms with Crippen LogP contribution in [0.2, 0.25) is 0 Å². The zero-order valence-corrected chi connectivity index (χ0v) is 14.8. The predicted octanol–water partition coefficient (Wildman–Crippen LogP) is 2.86. The molecule has 1 aliphatic rings. The molecule has 0 spiro atoms. The topological polar surface area (TPSA) is 61.2 Å². The quantitative estimate of drug-likeness (QED) is 0.910. The Labute approximate surface area is 149 Å². The maximum atomic E-state index is 8.82. The smallest absolute Gasteiger partial charge is 0.128 e. The Balaban J connectivity index is 1.51. The van der Waals surface area contributed by atoms with Crippen LogP contribution in [0, 0.1) is 11.3 Å². The van der Waals surface area contributed by atoms with Gasteiger partial charge in [-0.2, -0.15) is 5.26 Å². The van der Waals surface area contributed by atoms with Crippen LogP contribution < -0.4 is 10.2 Å². The van der Waals surface area contributed by atoms with Crippen LogP contribution >= 0.6 is 0 Å². The zero-order valence-electron chi connectivity index (χ0n) is 14.8. The van der Waals surface area contributed by atoms with E-state index in [1.807, 2.05) is 30.5 Å². The Morgan fingerprint density at radius 3 is 2.32 bits per heavy atom. The Kier molecular flexibility index (Phi) is 5.64. The lowest BCUT2D eigenvalue weighted by Crippen LogP contribution is -2.45. The van der Waals surface area contributed by atoms with Crippen molar-refractivity contribution in [2.24, 2.45) is 0 Å². The molecular weight excluding hydrogens is 312 g/mol. The van der Waals surface area contributed by atoms with Crippen LogP contribution in [0.25, 0.3) is 0 Å². The Morgan fingerprint density at radius 2 is 1.72 bits per heavy atom. The molecule has 3 rings (SSSR count). The van der Waals surface area contributed by atoms with Crippen molar-refractivity contribution in [1.29, 1.82) is 5.26 Å². The second kappa shape index (κ2) is 8.11. The van der Waals surface area contributed by atoms with Gasteiger partial charge in [0.05, 0.1) is 23.8 Å². The van der Waals surface area contributed by atoms with Crippen LogP contribution in [0.3, 0.4) is 0 Å². The fourth-order valence-corrected chi connectivity index (χ4v) is 3.12. The third kappa shape index (κ3) is 4.79. The second-order valence-electron chi connectivity index (χ2n) is 6.60. The monoisotopic (exact) mass is 336 g/mol. The Hall–Kier alpha value is -2.42. The van der Waals surface area contributed by atoms with E-state index >= 15 is 0 Å². The standard InChI is InChI=1S/C20H24N4O/c1-15-13-24(14-16(2)25-15)20-8-7-19(12-23-20)11-22-10-18-5-3-17(9-21)4-6-18/h3-8,12,15-16,22H,10-11,13-14H2,1-2H3. The molecule has 5 heteroatoms. The minimum atomic E-state index is 0.235. The maximum Gasteiger partial charge on any atom is 0.128 e. The molecule has 0 amide bonds. The number of pyridine rings is 1.